The monoisotopic (exact) mass is 320 g/mol. The van der Waals surface area contributed by atoms with Gasteiger partial charge in [-0.05, 0) is 31.5 Å². The second kappa shape index (κ2) is 6.87. The number of carbonyl (C=O) groups excluding carboxylic acids is 1. The van der Waals surface area contributed by atoms with Crippen molar-refractivity contribution in [2.24, 2.45) is 5.92 Å². The zero-order valence-corrected chi connectivity index (χ0v) is 12.8. The molecule has 7 heteroatoms. The maximum Gasteiger partial charge on any atom is 0.307 e. The molecule has 7 nitrogen and oxygen atoms in total. The van der Waals surface area contributed by atoms with E-state index in [1.165, 1.54) is 0 Å². The van der Waals surface area contributed by atoms with Crippen molar-refractivity contribution in [2.75, 3.05) is 31.7 Å². The molecule has 0 radical (unpaired) electrons. The van der Waals surface area contributed by atoms with Gasteiger partial charge in [0.15, 0.2) is 11.5 Å². The van der Waals surface area contributed by atoms with Crippen LogP contribution in [0, 0.1) is 5.92 Å². The third-order valence-corrected chi connectivity index (χ3v) is 4.17. The topological polar surface area (TPSA) is 88.1 Å². The number of likely N-dealkylation sites (tertiary alicyclic amines) is 1. The van der Waals surface area contributed by atoms with Gasteiger partial charge in [0.1, 0.15) is 0 Å². The molecule has 0 aromatic heterocycles. The van der Waals surface area contributed by atoms with E-state index in [0.717, 1.165) is 19.4 Å². The van der Waals surface area contributed by atoms with Gasteiger partial charge in [0.05, 0.1) is 5.92 Å². The Morgan fingerprint density at radius 1 is 1.30 bits per heavy atom. The Bertz CT molecular complexity index is 604. The fourth-order valence-corrected chi connectivity index (χ4v) is 2.92. The molecule has 3 rings (SSSR count). The smallest absolute Gasteiger partial charge is 0.307 e. The molecular formula is C16H20N2O5. The summed E-state index contributed by atoms with van der Waals surface area (Å²) in [6.45, 7) is 2.14. The lowest BCUT2D eigenvalue weighted by molar-refractivity contribution is -0.143. The summed E-state index contributed by atoms with van der Waals surface area (Å²) >= 11 is 0. The summed E-state index contributed by atoms with van der Waals surface area (Å²) < 4.78 is 10.5. The summed E-state index contributed by atoms with van der Waals surface area (Å²) in [4.78, 5) is 25.1. The van der Waals surface area contributed by atoms with E-state index < -0.39 is 5.97 Å². The minimum atomic E-state index is -0.750. The van der Waals surface area contributed by atoms with Crippen LogP contribution >= 0.6 is 0 Å². The van der Waals surface area contributed by atoms with E-state index in [4.69, 9.17) is 14.6 Å². The number of carboxylic acid groups (broad SMARTS) is 1. The summed E-state index contributed by atoms with van der Waals surface area (Å²) in [5.74, 6) is 0.139. The molecule has 0 spiro atoms. The maximum absolute atomic E-state index is 12.0. The molecule has 2 aliphatic rings. The number of anilines is 1. The number of amides is 1. The number of fused-ring (bicyclic) bond motifs is 1. The van der Waals surface area contributed by atoms with Crippen molar-refractivity contribution in [3.63, 3.8) is 0 Å². The third kappa shape index (κ3) is 3.92. The average molecular weight is 320 g/mol. The predicted octanol–water partition coefficient (Wildman–Crippen LogP) is 1.54. The van der Waals surface area contributed by atoms with Gasteiger partial charge in [0.25, 0.3) is 0 Å². The van der Waals surface area contributed by atoms with Crippen molar-refractivity contribution in [1.82, 2.24) is 4.90 Å². The molecule has 1 saturated heterocycles. The van der Waals surface area contributed by atoms with Crippen molar-refractivity contribution in [1.29, 1.82) is 0 Å². The van der Waals surface area contributed by atoms with Crippen molar-refractivity contribution in [3.05, 3.63) is 18.2 Å². The lowest BCUT2D eigenvalue weighted by atomic mass is 9.98. The van der Waals surface area contributed by atoms with E-state index >= 15 is 0 Å². The SMILES string of the molecule is O=C(CCN1CCCC(C(=O)O)C1)Nc1ccc2c(c1)OCO2. The number of nitrogens with one attached hydrogen (secondary N) is 1. The van der Waals surface area contributed by atoms with Gasteiger partial charge in [-0.15, -0.1) is 0 Å². The molecule has 1 amide bonds. The van der Waals surface area contributed by atoms with Crippen LogP contribution in [-0.2, 0) is 9.59 Å². The Labute approximate surface area is 134 Å². The lowest BCUT2D eigenvalue weighted by Gasteiger charge is -2.30. The molecule has 1 aromatic rings. The molecule has 2 heterocycles. The summed E-state index contributed by atoms with van der Waals surface area (Å²) in [5, 5.41) is 11.9. The molecule has 0 saturated carbocycles. The van der Waals surface area contributed by atoms with Crippen molar-refractivity contribution >= 4 is 17.6 Å². The summed E-state index contributed by atoms with van der Waals surface area (Å²) in [6.07, 6.45) is 1.91. The molecule has 124 valence electrons. The van der Waals surface area contributed by atoms with Crippen LogP contribution in [0.3, 0.4) is 0 Å². The first-order chi connectivity index (χ1) is 11.1. The quantitative estimate of drug-likeness (QED) is 0.855. The van der Waals surface area contributed by atoms with Crippen LogP contribution in [-0.4, -0.2) is 48.3 Å². The highest BCUT2D eigenvalue weighted by molar-refractivity contribution is 5.91. The van der Waals surface area contributed by atoms with Crippen LogP contribution in [0.5, 0.6) is 11.5 Å². The standard InChI is InChI=1S/C16H20N2O5/c19-15(5-7-18-6-1-2-11(9-18)16(20)21)17-12-3-4-13-14(8-12)23-10-22-13/h3-4,8,11H,1-2,5-7,9-10H2,(H,17,19)(H,20,21). The van der Waals surface area contributed by atoms with Crippen molar-refractivity contribution in [2.45, 2.75) is 19.3 Å². The van der Waals surface area contributed by atoms with E-state index in [0.29, 0.717) is 36.7 Å². The number of benzene rings is 1. The Morgan fingerprint density at radius 2 is 2.13 bits per heavy atom. The highest BCUT2D eigenvalue weighted by Crippen LogP contribution is 2.34. The number of hydrogen-bond acceptors (Lipinski definition) is 5. The summed E-state index contributed by atoms with van der Waals surface area (Å²) in [6, 6.07) is 5.27. The summed E-state index contributed by atoms with van der Waals surface area (Å²) in [7, 11) is 0. The molecule has 0 aliphatic carbocycles. The van der Waals surface area contributed by atoms with Crippen LogP contribution in [0.1, 0.15) is 19.3 Å². The average Bonchev–Trinajstić information content (AvgIpc) is 3.01. The number of carbonyl (C=O) groups is 2. The minimum absolute atomic E-state index is 0.0960. The molecule has 1 aromatic carbocycles. The zero-order valence-electron chi connectivity index (χ0n) is 12.8. The largest absolute Gasteiger partial charge is 0.481 e. The van der Waals surface area contributed by atoms with Crippen LogP contribution in [0.25, 0.3) is 0 Å². The third-order valence-electron chi connectivity index (χ3n) is 4.17. The molecule has 1 unspecified atom stereocenters. The number of piperidine rings is 1. The van der Waals surface area contributed by atoms with Gasteiger partial charge in [-0.1, -0.05) is 0 Å². The second-order valence-corrected chi connectivity index (χ2v) is 5.84. The van der Waals surface area contributed by atoms with E-state index in [2.05, 4.69) is 5.32 Å². The fraction of sp³-hybridized carbons (Fsp3) is 0.500. The number of ether oxygens (including phenoxy) is 2. The Morgan fingerprint density at radius 3 is 2.96 bits per heavy atom. The van der Waals surface area contributed by atoms with Crippen LogP contribution in [0.2, 0.25) is 0 Å². The normalized spacial score (nSPS) is 20.3. The number of carboxylic acids is 1. The van der Waals surface area contributed by atoms with Gasteiger partial charge >= 0.3 is 5.97 Å². The van der Waals surface area contributed by atoms with Gasteiger partial charge in [-0.3, -0.25) is 9.59 Å². The van der Waals surface area contributed by atoms with Crippen LogP contribution < -0.4 is 14.8 Å². The van der Waals surface area contributed by atoms with Gasteiger partial charge in [0.2, 0.25) is 12.7 Å². The molecule has 2 aliphatic heterocycles. The number of hydrogen-bond donors (Lipinski definition) is 2. The Balaban J connectivity index is 1.47. The van der Waals surface area contributed by atoms with Gasteiger partial charge < -0.3 is 24.8 Å². The molecule has 1 fully saturated rings. The first-order valence-electron chi connectivity index (χ1n) is 7.76. The Kier molecular flexibility index (Phi) is 4.66. The van der Waals surface area contributed by atoms with Gasteiger partial charge in [-0.25, -0.2) is 0 Å². The maximum atomic E-state index is 12.0. The first-order valence-corrected chi connectivity index (χ1v) is 7.76. The first kappa shape index (κ1) is 15.6. The fourth-order valence-electron chi connectivity index (χ4n) is 2.92. The van der Waals surface area contributed by atoms with Crippen LogP contribution in [0.4, 0.5) is 5.69 Å². The van der Waals surface area contributed by atoms with E-state index in [1.54, 1.807) is 18.2 Å². The minimum Gasteiger partial charge on any atom is -0.481 e. The molecule has 2 N–H and O–H groups in total. The second-order valence-electron chi connectivity index (χ2n) is 5.84. The molecule has 0 bridgehead atoms. The highest BCUT2D eigenvalue weighted by atomic mass is 16.7. The van der Waals surface area contributed by atoms with Crippen molar-refractivity contribution < 1.29 is 24.2 Å². The Hall–Kier alpha value is -2.28. The highest BCUT2D eigenvalue weighted by Gasteiger charge is 2.25. The lowest BCUT2D eigenvalue weighted by Crippen LogP contribution is -2.40. The van der Waals surface area contributed by atoms with E-state index in [9.17, 15) is 9.59 Å². The van der Waals surface area contributed by atoms with Crippen molar-refractivity contribution in [3.8, 4) is 11.5 Å². The van der Waals surface area contributed by atoms with E-state index in [-0.39, 0.29) is 18.6 Å². The summed E-state index contributed by atoms with van der Waals surface area (Å²) in [5.41, 5.74) is 0.668. The number of rotatable bonds is 5. The zero-order chi connectivity index (χ0) is 16.2. The van der Waals surface area contributed by atoms with E-state index in [1.807, 2.05) is 4.90 Å². The van der Waals surface area contributed by atoms with Crippen LogP contribution in [0.15, 0.2) is 18.2 Å². The van der Waals surface area contributed by atoms with Gasteiger partial charge in [-0.2, -0.15) is 0 Å². The molecule has 1 atom stereocenters. The molecule has 23 heavy (non-hydrogen) atoms. The predicted molar refractivity (Wildman–Crippen MR) is 82.6 cm³/mol. The molecular weight excluding hydrogens is 300 g/mol. The number of nitrogens with zero attached hydrogens (tertiary/aromatic N) is 1. The van der Waals surface area contributed by atoms with Gasteiger partial charge in [0, 0.05) is 31.3 Å². The number of aliphatic carboxylic acids is 1.